The van der Waals surface area contributed by atoms with E-state index in [0.29, 0.717) is 29.9 Å². The van der Waals surface area contributed by atoms with E-state index in [1.54, 1.807) is 12.3 Å². The third-order valence-electron chi connectivity index (χ3n) is 8.15. The molecule has 2 heterocycles. The van der Waals surface area contributed by atoms with Crippen LogP contribution < -0.4 is 16.0 Å². The largest absolute Gasteiger partial charge is 0.383 e. The van der Waals surface area contributed by atoms with Crippen LogP contribution in [0, 0.1) is 0 Å². The molecule has 0 saturated heterocycles. The Balaban J connectivity index is 0.993. The minimum atomic E-state index is -0.155. The van der Waals surface area contributed by atoms with E-state index in [-0.39, 0.29) is 18.2 Å². The summed E-state index contributed by atoms with van der Waals surface area (Å²) in [5, 5.41) is 12.9. The molecule has 2 aromatic heterocycles. The number of ketones is 1. The summed E-state index contributed by atoms with van der Waals surface area (Å²) in [6.45, 7) is 1.50. The van der Waals surface area contributed by atoms with Gasteiger partial charge in [-0.1, -0.05) is 42.8 Å². The van der Waals surface area contributed by atoms with Gasteiger partial charge in [-0.3, -0.25) is 19.6 Å². The number of amides is 1. The van der Waals surface area contributed by atoms with Crippen LogP contribution in [0.3, 0.4) is 0 Å². The average molecular weight is 542 g/mol. The molecule has 7 nitrogen and oxygen atoms in total. The summed E-state index contributed by atoms with van der Waals surface area (Å²) < 4.78 is 0. The summed E-state index contributed by atoms with van der Waals surface area (Å²) >= 11 is 0. The van der Waals surface area contributed by atoms with Gasteiger partial charge in [-0.15, -0.1) is 0 Å². The number of hydrogen-bond donors (Lipinski definition) is 3. The first-order valence-electron chi connectivity index (χ1n) is 14.4. The monoisotopic (exact) mass is 541 g/mol. The number of carbonyl (C=O) groups excluding carboxylic acids is 2. The maximum Gasteiger partial charge on any atom is 0.238 e. The van der Waals surface area contributed by atoms with Crippen LogP contribution in [-0.4, -0.2) is 41.3 Å². The van der Waals surface area contributed by atoms with Crippen molar-refractivity contribution in [2.45, 2.75) is 32.1 Å². The molecule has 0 radical (unpaired) electrons. The fourth-order valence-corrected chi connectivity index (χ4v) is 6.22. The van der Waals surface area contributed by atoms with Gasteiger partial charge < -0.3 is 16.0 Å². The van der Waals surface area contributed by atoms with Crippen molar-refractivity contribution < 1.29 is 9.59 Å². The number of fused-ring (bicyclic) bond motifs is 4. The first kappa shape index (κ1) is 25.4. The average Bonchev–Trinajstić information content (AvgIpc) is 3.24. The minimum absolute atomic E-state index is 0.0482. The highest BCUT2D eigenvalue weighted by molar-refractivity contribution is 6.25. The van der Waals surface area contributed by atoms with Crippen molar-refractivity contribution in [3.05, 3.63) is 95.3 Å². The molecule has 0 bridgehead atoms. The lowest BCUT2D eigenvalue weighted by Gasteiger charge is -2.19. The van der Waals surface area contributed by atoms with Crippen LogP contribution in [0.4, 0.5) is 11.4 Å². The molecule has 3 aromatic carbocycles. The molecule has 2 aliphatic carbocycles. The maximum atomic E-state index is 13.3. The van der Waals surface area contributed by atoms with Crippen LogP contribution in [0.5, 0.6) is 0 Å². The van der Waals surface area contributed by atoms with Crippen molar-refractivity contribution in [1.82, 2.24) is 15.3 Å². The number of anilines is 2. The molecule has 204 valence electrons. The van der Waals surface area contributed by atoms with Crippen LogP contribution in [0.25, 0.3) is 32.9 Å². The van der Waals surface area contributed by atoms with Crippen molar-refractivity contribution in [3.63, 3.8) is 0 Å². The Labute approximate surface area is 238 Å². The molecular formula is C34H31N5O2. The van der Waals surface area contributed by atoms with Crippen LogP contribution >= 0.6 is 0 Å². The molecule has 0 atom stereocenters. The second-order valence-electron chi connectivity index (χ2n) is 10.8. The van der Waals surface area contributed by atoms with Gasteiger partial charge in [-0.2, -0.15) is 0 Å². The molecule has 7 heteroatoms. The molecule has 5 aromatic rings. The fourth-order valence-electron chi connectivity index (χ4n) is 6.22. The molecule has 7 rings (SSSR count). The summed E-state index contributed by atoms with van der Waals surface area (Å²) in [4.78, 5) is 35.6. The van der Waals surface area contributed by atoms with Crippen molar-refractivity contribution in [2.75, 3.05) is 30.3 Å². The second kappa shape index (κ2) is 10.7. The number of carbonyl (C=O) groups is 2. The molecule has 0 saturated carbocycles. The van der Waals surface area contributed by atoms with Crippen molar-refractivity contribution in [1.29, 1.82) is 0 Å². The summed E-state index contributed by atoms with van der Waals surface area (Å²) in [6.07, 6.45) is 7.46. The van der Waals surface area contributed by atoms with Gasteiger partial charge >= 0.3 is 0 Å². The predicted molar refractivity (Wildman–Crippen MR) is 164 cm³/mol. The van der Waals surface area contributed by atoms with E-state index >= 15 is 0 Å². The first-order valence-corrected chi connectivity index (χ1v) is 14.4. The van der Waals surface area contributed by atoms with Crippen molar-refractivity contribution >= 4 is 44.7 Å². The minimum Gasteiger partial charge on any atom is -0.383 e. The quantitative estimate of drug-likeness (QED) is 0.172. The highest BCUT2D eigenvalue weighted by Gasteiger charge is 2.26. The third-order valence-corrected chi connectivity index (χ3v) is 8.15. The lowest BCUT2D eigenvalue weighted by molar-refractivity contribution is -0.115. The predicted octanol–water partition coefficient (Wildman–Crippen LogP) is 5.90. The van der Waals surface area contributed by atoms with Crippen molar-refractivity contribution in [3.8, 4) is 11.3 Å². The topological polar surface area (TPSA) is 96.0 Å². The van der Waals surface area contributed by atoms with E-state index in [9.17, 15) is 9.59 Å². The smallest absolute Gasteiger partial charge is 0.238 e. The Morgan fingerprint density at radius 1 is 0.854 bits per heavy atom. The lowest BCUT2D eigenvalue weighted by atomic mass is 9.85. The Hall–Kier alpha value is -4.62. The van der Waals surface area contributed by atoms with E-state index in [1.165, 1.54) is 36.2 Å². The molecule has 0 spiro atoms. The van der Waals surface area contributed by atoms with Crippen LogP contribution in [0.15, 0.2) is 72.9 Å². The Morgan fingerprint density at radius 3 is 2.71 bits per heavy atom. The number of rotatable bonds is 7. The summed E-state index contributed by atoms with van der Waals surface area (Å²) in [7, 11) is 0. The molecule has 0 aliphatic heterocycles. The molecule has 1 amide bonds. The fraction of sp³-hybridized carbons (Fsp3) is 0.235. The molecule has 41 heavy (non-hydrogen) atoms. The van der Waals surface area contributed by atoms with Gasteiger partial charge in [0.05, 0.1) is 17.8 Å². The number of aromatic nitrogens is 2. The van der Waals surface area contributed by atoms with Crippen LogP contribution in [0.1, 0.15) is 46.4 Å². The summed E-state index contributed by atoms with van der Waals surface area (Å²) in [6, 6.07) is 21.4. The maximum absolute atomic E-state index is 13.3. The van der Waals surface area contributed by atoms with Crippen LogP contribution in [-0.2, 0) is 17.6 Å². The number of aryl methyl sites for hydroxylation is 1. The number of hydrogen-bond acceptors (Lipinski definition) is 6. The number of nitrogens with zero attached hydrogens (tertiary/aromatic N) is 2. The molecular weight excluding hydrogens is 510 g/mol. The SMILES string of the molecule is O=C(CNCCNc1c2c(nc3ccccc13)CCCCC2)Nc1ccc2c(c1)C(=O)c1cccc3ccnc-2c13. The van der Waals surface area contributed by atoms with E-state index in [4.69, 9.17) is 4.98 Å². The van der Waals surface area contributed by atoms with Gasteiger partial charge in [0.15, 0.2) is 5.78 Å². The van der Waals surface area contributed by atoms with Gasteiger partial charge in [0.2, 0.25) is 5.91 Å². The van der Waals surface area contributed by atoms with Gasteiger partial charge in [0.1, 0.15) is 0 Å². The number of para-hydroxylation sites is 1. The highest BCUT2D eigenvalue weighted by Crippen LogP contribution is 2.39. The zero-order valence-electron chi connectivity index (χ0n) is 22.8. The van der Waals surface area contributed by atoms with E-state index in [2.05, 4.69) is 39.1 Å². The Bertz CT molecular complexity index is 1820. The molecule has 2 aliphatic rings. The molecule has 0 fully saturated rings. The zero-order chi connectivity index (χ0) is 27.8. The van der Waals surface area contributed by atoms with Gasteiger partial charge in [-0.25, -0.2) is 0 Å². The van der Waals surface area contributed by atoms with Crippen molar-refractivity contribution in [2.24, 2.45) is 0 Å². The van der Waals surface area contributed by atoms with Gasteiger partial charge in [0.25, 0.3) is 0 Å². The van der Waals surface area contributed by atoms with E-state index in [1.807, 2.05) is 42.5 Å². The van der Waals surface area contributed by atoms with Gasteiger partial charge in [0, 0.05) is 63.8 Å². The lowest BCUT2D eigenvalue weighted by Crippen LogP contribution is -2.31. The van der Waals surface area contributed by atoms with Gasteiger partial charge in [-0.05, 0) is 67.0 Å². The normalized spacial score (nSPS) is 13.9. The second-order valence-corrected chi connectivity index (χ2v) is 10.8. The summed E-state index contributed by atoms with van der Waals surface area (Å²) in [5.41, 5.74) is 8.18. The number of benzene rings is 3. The Kier molecular flexibility index (Phi) is 6.65. The number of nitrogens with one attached hydrogen (secondary N) is 3. The molecule has 0 unspecified atom stereocenters. The third kappa shape index (κ3) is 4.72. The standard InChI is InChI=1S/C34H31N5O2/c40-30(20-35-17-18-37-32-24-8-2-1-3-11-28(24)39-29-12-5-4-9-25(29)32)38-22-13-14-23-27(19-22)34(41)26-10-6-7-21-15-16-36-33(23)31(21)26/h4-7,9-10,12-16,19,35H,1-3,8,11,17-18,20H2,(H,37,39)(H,38,40). The van der Waals surface area contributed by atoms with Crippen LogP contribution in [0.2, 0.25) is 0 Å². The summed E-state index contributed by atoms with van der Waals surface area (Å²) in [5.74, 6) is -0.204. The Morgan fingerprint density at radius 2 is 1.76 bits per heavy atom. The van der Waals surface area contributed by atoms with E-state index in [0.717, 1.165) is 45.8 Å². The molecule has 3 N–H and O–H groups in total. The first-order chi connectivity index (χ1) is 20.2. The number of pyridine rings is 2. The van der Waals surface area contributed by atoms with E-state index < -0.39 is 0 Å². The highest BCUT2D eigenvalue weighted by atomic mass is 16.2. The zero-order valence-corrected chi connectivity index (χ0v) is 22.8.